The standard InChI is InChI=1S/C15H19N5O2/c1-10-16-5-2-13(18-10)11-3-6-20(7-4-11)9-12-8-17-19-14(12)15(21)22/h2,5,8,11H,3-4,6-7,9H2,1H3,(H,17,19)(H,21,22). The number of aromatic carboxylic acids is 1. The average Bonchev–Trinajstić information content (AvgIpc) is 2.96. The van der Waals surface area contributed by atoms with Gasteiger partial charge in [0.15, 0.2) is 0 Å². The lowest BCUT2D eigenvalue weighted by Crippen LogP contribution is -2.33. The lowest BCUT2D eigenvalue weighted by Gasteiger charge is -2.31. The van der Waals surface area contributed by atoms with E-state index in [0.29, 0.717) is 12.5 Å². The van der Waals surface area contributed by atoms with Gasteiger partial charge in [-0.2, -0.15) is 5.10 Å². The number of aromatic nitrogens is 4. The molecule has 0 aromatic carbocycles. The van der Waals surface area contributed by atoms with Gasteiger partial charge in [-0.05, 0) is 38.9 Å². The van der Waals surface area contributed by atoms with Crippen LogP contribution in [-0.4, -0.2) is 49.2 Å². The van der Waals surface area contributed by atoms with Gasteiger partial charge in [0, 0.05) is 29.9 Å². The van der Waals surface area contributed by atoms with Crippen LogP contribution in [0.4, 0.5) is 0 Å². The Labute approximate surface area is 128 Å². The number of carboxylic acids is 1. The van der Waals surface area contributed by atoms with Crippen LogP contribution >= 0.6 is 0 Å². The third-order valence-corrected chi connectivity index (χ3v) is 4.13. The highest BCUT2D eigenvalue weighted by atomic mass is 16.4. The fraction of sp³-hybridized carbons (Fsp3) is 0.467. The summed E-state index contributed by atoms with van der Waals surface area (Å²) in [7, 11) is 0. The summed E-state index contributed by atoms with van der Waals surface area (Å²) in [4.78, 5) is 22.0. The smallest absolute Gasteiger partial charge is 0.354 e. The molecule has 0 amide bonds. The normalized spacial score (nSPS) is 16.8. The molecule has 1 saturated heterocycles. The average molecular weight is 301 g/mol. The molecule has 7 heteroatoms. The molecule has 116 valence electrons. The zero-order valence-corrected chi connectivity index (χ0v) is 12.5. The number of hydrogen-bond acceptors (Lipinski definition) is 5. The third-order valence-electron chi connectivity index (χ3n) is 4.13. The molecule has 7 nitrogen and oxygen atoms in total. The van der Waals surface area contributed by atoms with Gasteiger partial charge in [-0.15, -0.1) is 0 Å². The van der Waals surface area contributed by atoms with Crippen LogP contribution in [-0.2, 0) is 6.54 Å². The molecule has 2 aromatic rings. The maximum atomic E-state index is 11.1. The molecule has 2 N–H and O–H groups in total. The molecule has 0 bridgehead atoms. The molecule has 0 radical (unpaired) electrons. The summed E-state index contributed by atoms with van der Waals surface area (Å²) in [6, 6.07) is 1.99. The SMILES string of the molecule is Cc1nccc(C2CCN(Cc3cn[nH]c3C(=O)O)CC2)n1. The molecule has 3 rings (SSSR count). The number of piperidine rings is 1. The van der Waals surface area contributed by atoms with Crippen LogP contribution in [0.1, 0.15) is 46.3 Å². The van der Waals surface area contributed by atoms with Gasteiger partial charge in [-0.25, -0.2) is 14.8 Å². The first-order valence-electron chi connectivity index (χ1n) is 7.41. The van der Waals surface area contributed by atoms with E-state index in [1.165, 1.54) is 0 Å². The molecule has 1 fully saturated rings. The lowest BCUT2D eigenvalue weighted by molar-refractivity contribution is 0.0687. The Morgan fingerprint density at radius 1 is 1.45 bits per heavy atom. The van der Waals surface area contributed by atoms with Gasteiger partial charge >= 0.3 is 5.97 Å². The van der Waals surface area contributed by atoms with E-state index in [-0.39, 0.29) is 5.69 Å². The van der Waals surface area contributed by atoms with Gasteiger partial charge in [0.1, 0.15) is 11.5 Å². The van der Waals surface area contributed by atoms with E-state index < -0.39 is 5.97 Å². The number of aromatic amines is 1. The maximum absolute atomic E-state index is 11.1. The number of carboxylic acid groups (broad SMARTS) is 1. The van der Waals surface area contributed by atoms with Crippen molar-refractivity contribution in [3.8, 4) is 0 Å². The van der Waals surface area contributed by atoms with Crippen molar-refractivity contribution >= 4 is 5.97 Å². The second kappa shape index (κ2) is 6.23. The van der Waals surface area contributed by atoms with Crippen LogP contribution in [0.25, 0.3) is 0 Å². The molecule has 1 aliphatic heterocycles. The molecule has 1 aliphatic rings. The number of hydrogen-bond donors (Lipinski definition) is 2. The summed E-state index contributed by atoms with van der Waals surface area (Å²) in [5.74, 6) is 0.310. The maximum Gasteiger partial charge on any atom is 0.354 e. The summed E-state index contributed by atoms with van der Waals surface area (Å²) in [6.07, 6.45) is 5.46. The van der Waals surface area contributed by atoms with Crippen LogP contribution in [0, 0.1) is 6.92 Å². The number of carbonyl (C=O) groups is 1. The molecule has 0 atom stereocenters. The van der Waals surface area contributed by atoms with Crippen LogP contribution in [0.15, 0.2) is 18.5 Å². The summed E-state index contributed by atoms with van der Waals surface area (Å²) in [5, 5.41) is 15.5. The number of aryl methyl sites for hydroxylation is 1. The van der Waals surface area contributed by atoms with Crippen molar-refractivity contribution in [1.29, 1.82) is 0 Å². The molecule has 0 unspecified atom stereocenters. The number of H-pyrrole nitrogens is 1. The highest BCUT2D eigenvalue weighted by Gasteiger charge is 2.23. The van der Waals surface area contributed by atoms with E-state index in [1.54, 1.807) is 6.20 Å². The minimum Gasteiger partial charge on any atom is -0.477 e. The molecular formula is C15H19N5O2. The summed E-state index contributed by atoms with van der Waals surface area (Å²) in [5.41, 5.74) is 2.04. The third kappa shape index (κ3) is 3.14. The minimum atomic E-state index is -0.959. The van der Waals surface area contributed by atoms with Gasteiger partial charge < -0.3 is 5.11 Å². The topological polar surface area (TPSA) is 95.0 Å². The van der Waals surface area contributed by atoms with Crippen LogP contribution in [0.3, 0.4) is 0 Å². The molecule has 22 heavy (non-hydrogen) atoms. The predicted molar refractivity (Wildman–Crippen MR) is 79.6 cm³/mol. The Morgan fingerprint density at radius 2 is 2.23 bits per heavy atom. The van der Waals surface area contributed by atoms with E-state index in [0.717, 1.165) is 43.0 Å². The number of rotatable bonds is 4. The Balaban J connectivity index is 1.60. The van der Waals surface area contributed by atoms with Crippen LogP contribution < -0.4 is 0 Å². The Morgan fingerprint density at radius 3 is 2.91 bits per heavy atom. The van der Waals surface area contributed by atoms with E-state index in [4.69, 9.17) is 5.11 Å². The Hall–Kier alpha value is -2.28. The second-order valence-corrected chi connectivity index (χ2v) is 5.65. The number of nitrogens with one attached hydrogen (secondary N) is 1. The van der Waals surface area contributed by atoms with Crippen molar-refractivity contribution in [3.05, 3.63) is 41.2 Å². The Bertz CT molecular complexity index is 661. The first-order chi connectivity index (χ1) is 10.6. The van der Waals surface area contributed by atoms with E-state index in [1.807, 2.05) is 19.2 Å². The lowest BCUT2D eigenvalue weighted by atomic mass is 9.93. The van der Waals surface area contributed by atoms with Crippen molar-refractivity contribution < 1.29 is 9.90 Å². The Kier molecular flexibility index (Phi) is 4.15. The van der Waals surface area contributed by atoms with E-state index in [2.05, 4.69) is 25.1 Å². The molecule has 0 saturated carbocycles. The largest absolute Gasteiger partial charge is 0.477 e. The number of nitrogens with zero attached hydrogens (tertiary/aromatic N) is 4. The fourth-order valence-corrected chi connectivity index (χ4v) is 2.95. The van der Waals surface area contributed by atoms with Gasteiger partial charge in [0.2, 0.25) is 0 Å². The molecular weight excluding hydrogens is 282 g/mol. The predicted octanol–water partition coefficient (Wildman–Crippen LogP) is 1.59. The zero-order chi connectivity index (χ0) is 15.5. The summed E-state index contributed by atoms with van der Waals surface area (Å²) in [6.45, 7) is 4.38. The van der Waals surface area contributed by atoms with Crippen LogP contribution in [0.5, 0.6) is 0 Å². The zero-order valence-electron chi connectivity index (χ0n) is 12.5. The monoisotopic (exact) mass is 301 g/mol. The summed E-state index contributed by atoms with van der Waals surface area (Å²) >= 11 is 0. The van der Waals surface area contributed by atoms with Crippen molar-refractivity contribution in [3.63, 3.8) is 0 Å². The number of likely N-dealkylation sites (tertiary alicyclic amines) is 1. The highest BCUT2D eigenvalue weighted by Crippen LogP contribution is 2.27. The first-order valence-corrected chi connectivity index (χ1v) is 7.41. The van der Waals surface area contributed by atoms with Crippen molar-refractivity contribution in [2.45, 2.75) is 32.2 Å². The van der Waals surface area contributed by atoms with Crippen molar-refractivity contribution in [2.24, 2.45) is 0 Å². The van der Waals surface area contributed by atoms with Gasteiger partial charge in [-0.3, -0.25) is 10.00 Å². The first kappa shape index (κ1) is 14.6. The molecule has 0 aliphatic carbocycles. The summed E-state index contributed by atoms with van der Waals surface area (Å²) < 4.78 is 0. The van der Waals surface area contributed by atoms with Gasteiger partial charge in [0.05, 0.1) is 6.20 Å². The van der Waals surface area contributed by atoms with Crippen LogP contribution in [0.2, 0.25) is 0 Å². The van der Waals surface area contributed by atoms with Gasteiger partial charge in [-0.1, -0.05) is 0 Å². The quantitative estimate of drug-likeness (QED) is 0.890. The minimum absolute atomic E-state index is 0.188. The fourth-order valence-electron chi connectivity index (χ4n) is 2.95. The second-order valence-electron chi connectivity index (χ2n) is 5.65. The van der Waals surface area contributed by atoms with Crippen molar-refractivity contribution in [1.82, 2.24) is 25.1 Å². The van der Waals surface area contributed by atoms with Crippen molar-refractivity contribution in [2.75, 3.05) is 13.1 Å². The molecule has 0 spiro atoms. The van der Waals surface area contributed by atoms with E-state index in [9.17, 15) is 4.79 Å². The molecule has 3 heterocycles. The van der Waals surface area contributed by atoms with E-state index >= 15 is 0 Å². The highest BCUT2D eigenvalue weighted by molar-refractivity contribution is 5.86. The molecule has 2 aromatic heterocycles. The van der Waals surface area contributed by atoms with Gasteiger partial charge in [0.25, 0.3) is 0 Å².